The van der Waals surface area contributed by atoms with E-state index >= 15 is 0 Å². The molecule has 7 heteroatoms. The molecule has 1 aromatic heterocycles. The Morgan fingerprint density at radius 1 is 1.50 bits per heavy atom. The highest BCUT2D eigenvalue weighted by molar-refractivity contribution is 9.10. The summed E-state index contributed by atoms with van der Waals surface area (Å²) >= 11 is 3.05. The van der Waals surface area contributed by atoms with Gasteiger partial charge < -0.3 is 9.52 Å². The van der Waals surface area contributed by atoms with Crippen molar-refractivity contribution in [1.29, 1.82) is 0 Å². The van der Waals surface area contributed by atoms with Crippen molar-refractivity contribution in [3.05, 3.63) is 16.5 Å². The molecule has 0 bridgehead atoms. The minimum absolute atomic E-state index is 0.0288. The molecule has 0 aliphatic heterocycles. The highest BCUT2D eigenvalue weighted by Crippen LogP contribution is 2.26. The first-order chi connectivity index (χ1) is 8.44. The maximum atomic E-state index is 12.1. The van der Waals surface area contributed by atoms with Gasteiger partial charge in [0.2, 0.25) is 10.0 Å². The molecule has 0 saturated heterocycles. The lowest BCUT2D eigenvalue weighted by Gasteiger charge is -2.15. The highest BCUT2D eigenvalue weighted by Gasteiger charge is 2.24. The van der Waals surface area contributed by atoms with Gasteiger partial charge in [0.05, 0.1) is 0 Å². The number of aliphatic hydroxyl groups is 1. The van der Waals surface area contributed by atoms with Gasteiger partial charge in [-0.3, -0.25) is 0 Å². The molecule has 1 heterocycles. The van der Waals surface area contributed by atoms with Crippen LogP contribution in [-0.4, -0.2) is 19.6 Å². The van der Waals surface area contributed by atoms with Crippen LogP contribution in [-0.2, 0) is 16.6 Å². The summed E-state index contributed by atoms with van der Waals surface area (Å²) in [5, 5.41) is 8.92. The quantitative estimate of drug-likeness (QED) is 0.799. The number of hydrogen-bond acceptors (Lipinski definition) is 4. The summed E-state index contributed by atoms with van der Waals surface area (Å²) in [5.74, 6) is 0.214. The van der Waals surface area contributed by atoms with Crippen LogP contribution in [0.3, 0.4) is 0 Å². The summed E-state index contributed by atoms with van der Waals surface area (Å²) in [7, 11) is -3.62. The summed E-state index contributed by atoms with van der Waals surface area (Å²) < 4.78 is 32.1. The molecule has 2 N–H and O–H groups in total. The van der Waals surface area contributed by atoms with Gasteiger partial charge in [0.1, 0.15) is 17.3 Å². The van der Waals surface area contributed by atoms with Crippen molar-refractivity contribution < 1.29 is 17.9 Å². The maximum absolute atomic E-state index is 12.1. The van der Waals surface area contributed by atoms with Crippen molar-refractivity contribution in [2.45, 2.75) is 50.7 Å². The lowest BCUT2D eigenvalue weighted by Crippen LogP contribution is -2.34. The molecule has 5 nitrogen and oxygen atoms in total. The molecule has 0 amide bonds. The van der Waals surface area contributed by atoms with Crippen molar-refractivity contribution in [1.82, 2.24) is 4.72 Å². The third-order valence-electron chi connectivity index (χ3n) is 2.60. The van der Waals surface area contributed by atoms with Crippen LogP contribution in [0, 0.1) is 0 Å². The minimum Gasteiger partial charge on any atom is -0.450 e. The molecule has 1 aromatic rings. The van der Waals surface area contributed by atoms with E-state index in [2.05, 4.69) is 20.7 Å². The Morgan fingerprint density at radius 3 is 2.61 bits per heavy atom. The summed E-state index contributed by atoms with van der Waals surface area (Å²) in [6.45, 7) is 3.61. The minimum atomic E-state index is -3.62. The van der Waals surface area contributed by atoms with Crippen molar-refractivity contribution in [3.63, 3.8) is 0 Å². The molecule has 1 rings (SSSR count). The van der Waals surface area contributed by atoms with E-state index in [0.717, 1.165) is 19.3 Å². The number of furan rings is 1. The van der Waals surface area contributed by atoms with E-state index in [0.29, 0.717) is 0 Å². The third-order valence-corrected chi connectivity index (χ3v) is 4.98. The monoisotopic (exact) mass is 339 g/mol. The van der Waals surface area contributed by atoms with Crippen molar-refractivity contribution >= 4 is 26.0 Å². The number of hydrogen-bond donors (Lipinski definition) is 2. The zero-order chi connectivity index (χ0) is 13.8. The molecule has 104 valence electrons. The predicted octanol–water partition coefficient (Wildman–Crippen LogP) is 2.39. The first-order valence-electron chi connectivity index (χ1n) is 5.86. The number of halogens is 1. The van der Waals surface area contributed by atoms with E-state index < -0.39 is 10.0 Å². The standard InChI is InChI=1S/C11H18BrNO4S/c1-3-5-8(4-2)13-18(15,16)10-6-9(7-14)17-11(10)12/h6,8,13-14H,3-5,7H2,1-2H3. The van der Waals surface area contributed by atoms with Crippen LogP contribution in [0.1, 0.15) is 38.9 Å². The summed E-state index contributed by atoms with van der Waals surface area (Å²) in [4.78, 5) is 0.0288. The Balaban J connectivity index is 2.94. The number of sulfonamides is 1. The Labute approximate surface area is 116 Å². The summed E-state index contributed by atoms with van der Waals surface area (Å²) in [5.41, 5.74) is 0. The molecule has 0 saturated carbocycles. The van der Waals surface area contributed by atoms with E-state index in [4.69, 9.17) is 9.52 Å². The fourth-order valence-corrected chi connectivity index (χ4v) is 3.99. The van der Waals surface area contributed by atoms with E-state index in [1.807, 2.05) is 13.8 Å². The Bertz CT molecular complexity index is 483. The average Bonchev–Trinajstić information content (AvgIpc) is 2.70. The summed E-state index contributed by atoms with van der Waals surface area (Å²) in [6, 6.07) is 1.24. The molecule has 0 aliphatic carbocycles. The molecular formula is C11H18BrNO4S. The smallest absolute Gasteiger partial charge is 0.245 e. The molecule has 0 aliphatic rings. The van der Waals surface area contributed by atoms with E-state index in [1.165, 1.54) is 6.07 Å². The molecule has 1 atom stereocenters. The van der Waals surface area contributed by atoms with Gasteiger partial charge in [-0.1, -0.05) is 20.3 Å². The second kappa shape index (κ2) is 6.70. The largest absolute Gasteiger partial charge is 0.450 e. The second-order valence-corrected chi connectivity index (χ2v) is 6.43. The molecular weight excluding hydrogens is 322 g/mol. The van der Waals surface area contributed by atoms with Gasteiger partial charge in [-0.05, 0) is 28.8 Å². The molecule has 0 fully saturated rings. The number of nitrogens with one attached hydrogen (secondary N) is 1. The normalized spacial score (nSPS) is 13.8. The third kappa shape index (κ3) is 3.81. The van der Waals surface area contributed by atoms with Crippen molar-refractivity contribution in [3.8, 4) is 0 Å². The van der Waals surface area contributed by atoms with Crippen LogP contribution in [0.15, 0.2) is 20.0 Å². The van der Waals surface area contributed by atoms with Gasteiger partial charge in [-0.25, -0.2) is 13.1 Å². The van der Waals surface area contributed by atoms with Gasteiger partial charge in [0.15, 0.2) is 4.67 Å². The van der Waals surface area contributed by atoms with Crippen molar-refractivity contribution in [2.75, 3.05) is 0 Å². The lowest BCUT2D eigenvalue weighted by atomic mass is 10.1. The highest BCUT2D eigenvalue weighted by atomic mass is 79.9. The fraction of sp³-hybridized carbons (Fsp3) is 0.636. The topological polar surface area (TPSA) is 79.5 Å². The van der Waals surface area contributed by atoms with Gasteiger partial charge in [0.25, 0.3) is 0 Å². The Hall–Kier alpha value is -0.370. The second-order valence-electron chi connectivity index (χ2n) is 4.02. The molecule has 1 unspecified atom stereocenters. The number of rotatable bonds is 7. The Morgan fingerprint density at radius 2 is 2.17 bits per heavy atom. The van der Waals surface area contributed by atoms with Crippen LogP contribution in [0.25, 0.3) is 0 Å². The van der Waals surface area contributed by atoms with Crippen molar-refractivity contribution in [2.24, 2.45) is 0 Å². The van der Waals surface area contributed by atoms with Crippen LogP contribution in [0.4, 0.5) is 0 Å². The zero-order valence-electron chi connectivity index (χ0n) is 10.4. The fourth-order valence-electron chi connectivity index (χ4n) is 1.64. The average molecular weight is 340 g/mol. The van der Waals surface area contributed by atoms with Gasteiger partial charge in [-0.2, -0.15) is 0 Å². The van der Waals surface area contributed by atoms with E-state index in [9.17, 15) is 8.42 Å². The molecule has 0 radical (unpaired) electrons. The SMILES string of the molecule is CCCC(CC)NS(=O)(=O)c1cc(CO)oc1Br. The predicted molar refractivity (Wildman–Crippen MR) is 71.6 cm³/mol. The van der Waals surface area contributed by atoms with Crippen LogP contribution >= 0.6 is 15.9 Å². The van der Waals surface area contributed by atoms with Crippen LogP contribution in [0.5, 0.6) is 0 Å². The molecule has 0 spiro atoms. The lowest BCUT2D eigenvalue weighted by molar-refractivity contribution is 0.245. The van der Waals surface area contributed by atoms with Gasteiger partial charge in [-0.15, -0.1) is 0 Å². The zero-order valence-corrected chi connectivity index (χ0v) is 12.8. The van der Waals surface area contributed by atoms with E-state index in [1.54, 1.807) is 0 Å². The molecule has 0 aromatic carbocycles. The van der Waals surface area contributed by atoms with Crippen LogP contribution < -0.4 is 4.72 Å². The van der Waals surface area contributed by atoms with Gasteiger partial charge >= 0.3 is 0 Å². The first kappa shape index (κ1) is 15.7. The summed E-state index contributed by atoms with van der Waals surface area (Å²) in [6.07, 6.45) is 2.43. The van der Waals surface area contributed by atoms with E-state index in [-0.39, 0.29) is 28.0 Å². The first-order valence-corrected chi connectivity index (χ1v) is 8.13. The maximum Gasteiger partial charge on any atom is 0.245 e. The van der Waals surface area contributed by atoms with Crippen LogP contribution in [0.2, 0.25) is 0 Å². The Kier molecular flexibility index (Phi) is 5.84. The number of aliphatic hydroxyl groups excluding tert-OH is 1. The van der Waals surface area contributed by atoms with Gasteiger partial charge in [0, 0.05) is 12.1 Å². The molecule has 18 heavy (non-hydrogen) atoms.